The van der Waals surface area contributed by atoms with Crippen LogP contribution in [0.15, 0.2) is 35.0 Å². The number of amides is 1. The van der Waals surface area contributed by atoms with Crippen LogP contribution in [0.5, 0.6) is 5.75 Å². The number of benzene rings is 1. The van der Waals surface area contributed by atoms with Crippen LogP contribution in [0.4, 0.5) is 0 Å². The van der Waals surface area contributed by atoms with Gasteiger partial charge >= 0.3 is 0 Å². The molecule has 9 heteroatoms. The van der Waals surface area contributed by atoms with Crippen LogP contribution in [0.3, 0.4) is 0 Å². The van der Waals surface area contributed by atoms with Crippen molar-refractivity contribution in [3.63, 3.8) is 0 Å². The van der Waals surface area contributed by atoms with E-state index in [-0.39, 0.29) is 11.9 Å². The third-order valence-electron chi connectivity index (χ3n) is 5.28. The van der Waals surface area contributed by atoms with Gasteiger partial charge in [-0.3, -0.25) is 4.79 Å². The molecule has 1 amide bonds. The monoisotopic (exact) mass is 380 g/mol. The van der Waals surface area contributed by atoms with Gasteiger partial charge in [0.25, 0.3) is 11.8 Å². The molecule has 28 heavy (non-hydrogen) atoms. The maximum Gasteiger partial charge on any atom is 0.280 e. The molecule has 1 unspecified atom stereocenters. The Hall–Kier alpha value is -3.23. The molecule has 0 N–H and O–H groups in total. The summed E-state index contributed by atoms with van der Waals surface area (Å²) in [6.07, 6.45) is 4.87. The first-order valence-corrected chi connectivity index (χ1v) is 9.40. The summed E-state index contributed by atoms with van der Waals surface area (Å²) in [6, 6.07) is 7.24. The van der Waals surface area contributed by atoms with Gasteiger partial charge < -0.3 is 14.2 Å². The zero-order chi connectivity index (χ0) is 19.1. The number of carbonyl (C=O) groups is 1. The molecular formula is C19H20N6O3. The van der Waals surface area contributed by atoms with Crippen molar-refractivity contribution in [3.8, 4) is 17.3 Å². The van der Waals surface area contributed by atoms with E-state index in [1.165, 1.54) is 0 Å². The lowest BCUT2D eigenvalue weighted by atomic mass is 10.2. The van der Waals surface area contributed by atoms with E-state index < -0.39 is 0 Å². The van der Waals surface area contributed by atoms with E-state index in [1.54, 1.807) is 36.1 Å². The largest absolute Gasteiger partial charge is 0.497 e. The molecule has 9 nitrogen and oxygen atoms in total. The highest BCUT2D eigenvalue weighted by Crippen LogP contribution is 2.38. The summed E-state index contributed by atoms with van der Waals surface area (Å²) in [7, 11) is 1.61. The van der Waals surface area contributed by atoms with Crippen molar-refractivity contribution >= 4 is 5.91 Å². The molecule has 5 rings (SSSR count). The molecule has 1 aromatic carbocycles. The van der Waals surface area contributed by atoms with Gasteiger partial charge in [-0.2, -0.15) is 4.98 Å². The maximum absolute atomic E-state index is 12.7. The summed E-state index contributed by atoms with van der Waals surface area (Å²) < 4.78 is 12.2. The first-order chi connectivity index (χ1) is 13.7. The van der Waals surface area contributed by atoms with Gasteiger partial charge in [0.1, 0.15) is 5.75 Å². The minimum absolute atomic E-state index is 0.0106. The van der Waals surface area contributed by atoms with Gasteiger partial charge in [-0.1, -0.05) is 10.4 Å². The molecule has 0 bridgehead atoms. The van der Waals surface area contributed by atoms with E-state index in [4.69, 9.17) is 9.26 Å². The first kappa shape index (κ1) is 16.9. The molecule has 2 aliphatic rings. The number of rotatable bonds is 5. The SMILES string of the molecule is COc1ccc(C(=O)N2CCC(n3cc(-c4nc(C5CC5)no4)nn3)C2)cc1. The van der Waals surface area contributed by atoms with Gasteiger partial charge in [0.15, 0.2) is 11.5 Å². The fraction of sp³-hybridized carbons (Fsp3) is 0.421. The van der Waals surface area contributed by atoms with Crippen molar-refractivity contribution in [3.05, 3.63) is 41.9 Å². The molecule has 144 valence electrons. The Kier molecular flexibility index (Phi) is 4.07. The molecule has 0 spiro atoms. The normalized spacial score (nSPS) is 19.2. The van der Waals surface area contributed by atoms with Crippen molar-refractivity contribution in [2.45, 2.75) is 31.2 Å². The molecule has 1 aliphatic heterocycles. The minimum atomic E-state index is 0.0106. The Bertz CT molecular complexity index is 991. The quantitative estimate of drug-likeness (QED) is 0.669. The molecular weight excluding hydrogens is 360 g/mol. The number of hydrogen-bond acceptors (Lipinski definition) is 7. The molecule has 1 atom stereocenters. The first-order valence-electron chi connectivity index (χ1n) is 9.40. The summed E-state index contributed by atoms with van der Waals surface area (Å²) >= 11 is 0. The predicted molar refractivity (Wildman–Crippen MR) is 97.8 cm³/mol. The number of likely N-dealkylation sites (tertiary alicyclic amines) is 1. The standard InChI is InChI=1S/C19H20N6O3/c1-27-15-6-4-13(5-7-15)19(26)24-9-8-14(10-24)25-11-16(21-23-25)18-20-17(22-28-18)12-2-3-12/h4-7,11-12,14H,2-3,8-10H2,1H3. The van der Waals surface area contributed by atoms with E-state index in [1.807, 2.05) is 11.1 Å². The predicted octanol–water partition coefficient (Wildman–Crippen LogP) is 2.30. The maximum atomic E-state index is 12.7. The van der Waals surface area contributed by atoms with Crippen molar-refractivity contribution in [1.29, 1.82) is 0 Å². The van der Waals surface area contributed by atoms with Gasteiger partial charge in [0.05, 0.1) is 19.3 Å². The summed E-state index contributed by atoms with van der Waals surface area (Å²) in [5.41, 5.74) is 1.22. The lowest BCUT2D eigenvalue weighted by Crippen LogP contribution is -2.29. The van der Waals surface area contributed by atoms with Crippen LogP contribution < -0.4 is 4.74 Å². The molecule has 0 radical (unpaired) electrons. The number of hydrogen-bond donors (Lipinski definition) is 0. The van der Waals surface area contributed by atoms with E-state index in [9.17, 15) is 4.79 Å². The highest BCUT2D eigenvalue weighted by Gasteiger charge is 2.31. The van der Waals surface area contributed by atoms with Crippen molar-refractivity contribution in [2.24, 2.45) is 0 Å². The summed E-state index contributed by atoms with van der Waals surface area (Å²) in [5.74, 6) is 2.33. The zero-order valence-electron chi connectivity index (χ0n) is 15.5. The van der Waals surface area contributed by atoms with Crippen molar-refractivity contribution < 1.29 is 14.1 Å². The van der Waals surface area contributed by atoms with Gasteiger partial charge in [0, 0.05) is 24.6 Å². The third-order valence-corrected chi connectivity index (χ3v) is 5.28. The van der Waals surface area contributed by atoms with Crippen LogP contribution in [0.2, 0.25) is 0 Å². The second-order valence-corrected chi connectivity index (χ2v) is 7.24. The van der Waals surface area contributed by atoms with E-state index in [2.05, 4.69) is 20.5 Å². The second kappa shape index (κ2) is 6.74. The van der Waals surface area contributed by atoms with Gasteiger partial charge in [0.2, 0.25) is 0 Å². The Morgan fingerprint density at radius 1 is 1.21 bits per heavy atom. The molecule has 2 fully saturated rings. The molecule has 3 heterocycles. The number of aromatic nitrogens is 5. The number of methoxy groups -OCH3 is 1. The van der Waals surface area contributed by atoms with E-state index in [0.717, 1.165) is 30.8 Å². The summed E-state index contributed by atoms with van der Waals surface area (Å²) in [5, 5.41) is 12.4. The van der Waals surface area contributed by atoms with E-state index >= 15 is 0 Å². The number of carbonyl (C=O) groups excluding carboxylic acids is 1. The van der Waals surface area contributed by atoms with Crippen LogP contribution in [0.25, 0.3) is 11.6 Å². The van der Waals surface area contributed by atoms with Crippen LogP contribution in [-0.2, 0) is 0 Å². The Labute approximate surface area is 161 Å². The van der Waals surface area contributed by atoms with Gasteiger partial charge in [-0.25, -0.2) is 4.68 Å². The summed E-state index contributed by atoms with van der Waals surface area (Å²) in [4.78, 5) is 19.0. The smallest absolute Gasteiger partial charge is 0.280 e. The molecule has 1 saturated heterocycles. The topological polar surface area (TPSA) is 99.2 Å². The number of ether oxygens (including phenoxy) is 1. The van der Waals surface area contributed by atoms with Crippen LogP contribution in [0.1, 0.15) is 47.4 Å². The van der Waals surface area contributed by atoms with Gasteiger partial charge in [-0.15, -0.1) is 5.10 Å². The lowest BCUT2D eigenvalue weighted by Gasteiger charge is -2.16. The lowest BCUT2D eigenvalue weighted by molar-refractivity contribution is 0.0787. The average Bonchev–Trinajstić information content (AvgIpc) is 3.16. The molecule has 1 aliphatic carbocycles. The molecule has 1 saturated carbocycles. The van der Waals surface area contributed by atoms with Crippen molar-refractivity contribution in [2.75, 3.05) is 20.2 Å². The average molecular weight is 380 g/mol. The highest BCUT2D eigenvalue weighted by atomic mass is 16.5. The zero-order valence-corrected chi connectivity index (χ0v) is 15.5. The number of nitrogens with zero attached hydrogens (tertiary/aromatic N) is 6. The van der Waals surface area contributed by atoms with Crippen LogP contribution in [0, 0.1) is 0 Å². The molecule has 3 aromatic rings. The Morgan fingerprint density at radius 3 is 2.79 bits per heavy atom. The molecule has 2 aromatic heterocycles. The van der Waals surface area contributed by atoms with Crippen LogP contribution in [-0.4, -0.2) is 56.1 Å². The fourth-order valence-corrected chi connectivity index (χ4v) is 3.46. The third kappa shape index (κ3) is 3.12. The van der Waals surface area contributed by atoms with Crippen molar-refractivity contribution in [1.82, 2.24) is 30.0 Å². The fourth-order valence-electron chi connectivity index (χ4n) is 3.46. The highest BCUT2D eigenvalue weighted by molar-refractivity contribution is 5.94. The second-order valence-electron chi connectivity index (χ2n) is 7.24. The Morgan fingerprint density at radius 2 is 2.04 bits per heavy atom. The Balaban J connectivity index is 1.26. The van der Waals surface area contributed by atoms with Gasteiger partial charge in [-0.05, 0) is 43.5 Å². The minimum Gasteiger partial charge on any atom is -0.497 e. The van der Waals surface area contributed by atoms with Crippen LogP contribution >= 0.6 is 0 Å². The van der Waals surface area contributed by atoms with E-state index in [0.29, 0.717) is 36.2 Å². The summed E-state index contributed by atoms with van der Waals surface area (Å²) in [6.45, 7) is 1.27.